The maximum Gasteiger partial charge on any atom is 0.197 e. The summed E-state index contributed by atoms with van der Waals surface area (Å²) in [7, 11) is 0. The van der Waals surface area contributed by atoms with Crippen molar-refractivity contribution < 1.29 is 13.3 Å². The number of hydrogen-bond donors (Lipinski definition) is 0. The lowest BCUT2D eigenvalue weighted by molar-refractivity contribution is 0.662. The first kappa shape index (κ1) is 55.7. The van der Waals surface area contributed by atoms with Crippen molar-refractivity contribution in [1.82, 2.24) is 29.1 Å². The van der Waals surface area contributed by atoms with Gasteiger partial charge in [0.05, 0.1) is 43.9 Å². The van der Waals surface area contributed by atoms with Crippen molar-refractivity contribution in [2.75, 3.05) is 0 Å². The fourth-order valence-corrected chi connectivity index (χ4v) is 16.2. The second-order valence-corrected chi connectivity index (χ2v) is 26.6. The molecule has 100 heavy (non-hydrogen) atoms. The van der Waals surface area contributed by atoms with E-state index in [0.29, 0.717) is 28.6 Å². The normalized spacial score (nSPS) is 12.0. The van der Waals surface area contributed by atoms with Crippen LogP contribution in [-0.2, 0) is 0 Å². The van der Waals surface area contributed by atoms with Crippen molar-refractivity contribution in [3.8, 4) is 62.7 Å². The van der Waals surface area contributed by atoms with E-state index in [9.17, 15) is 5.26 Å². The molecule has 0 fully saturated rings. The van der Waals surface area contributed by atoms with E-state index in [0.717, 1.165) is 153 Å². The largest absolute Gasteiger partial charge is 0.456 e. The van der Waals surface area contributed by atoms with Crippen molar-refractivity contribution in [2.24, 2.45) is 0 Å². The highest BCUT2D eigenvalue weighted by molar-refractivity contribution is 7.26. The molecule has 0 amide bonds. The van der Waals surface area contributed by atoms with Crippen molar-refractivity contribution >= 4 is 163 Å². The molecule has 0 atom stereocenters. The number of nitrogens with zero attached hydrogens (tertiary/aromatic N) is 7. The first-order valence-electron chi connectivity index (χ1n) is 33.2. The number of aromatic nitrogens is 6. The van der Waals surface area contributed by atoms with Gasteiger partial charge in [0.25, 0.3) is 0 Å². The quantitative estimate of drug-likeness (QED) is 0.161. The van der Waals surface area contributed by atoms with Gasteiger partial charge in [0.15, 0.2) is 28.9 Å². The fourth-order valence-electron chi connectivity index (χ4n) is 15.1. The Kier molecular flexibility index (Phi) is 12.1. The first-order chi connectivity index (χ1) is 49.5. The Morgan fingerprint density at radius 2 is 0.740 bits per heavy atom. The van der Waals surface area contributed by atoms with Crippen LogP contribution in [0.4, 0.5) is 0 Å². The summed E-state index contributed by atoms with van der Waals surface area (Å²) in [5.41, 5.74) is 17.5. The van der Waals surface area contributed by atoms with Crippen LogP contribution in [0.25, 0.3) is 208 Å². The number of fused-ring (bicyclic) bond motifs is 20. The lowest BCUT2D eigenvalue weighted by Crippen LogP contribution is -2.01. The van der Waals surface area contributed by atoms with Crippen LogP contribution in [0.15, 0.2) is 311 Å². The molecule has 464 valence electrons. The third-order valence-corrected chi connectivity index (χ3v) is 21.0. The van der Waals surface area contributed by atoms with Crippen LogP contribution in [0.1, 0.15) is 5.56 Å². The average molecular weight is 1300 g/mol. The van der Waals surface area contributed by atoms with Crippen LogP contribution < -0.4 is 0 Å². The van der Waals surface area contributed by atoms with Crippen LogP contribution in [0.2, 0.25) is 0 Å². The Balaban J connectivity index is 0.000000131. The highest BCUT2D eigenvalue weighted by Crippen LogP contribution is 2.45. The molecule has 0 saturated heterocycles. The van der Waals surface area contributed by atoms with Gasteiger partial charge in [-0.3, -0.25) is 9.13 Å². The zero-order valence-electron chi connectivity index (χ0n) is 53.1. The van der Waals surface area contributed by atoms with Gasteiger partial charge >= 0.3 is 0 Å². The van der Waals surface area contributed by atoms with E-state index < -0.39 is 0 Å². The van der Waals surface area contributed by atoms with Crippen LogP contribution in [0.3, 0.4) is 0 Å². The number of hydrogen-bond acceptors (Lipinski definition) is 9. The predicted molar refractivity (Wildman–Crippen MR) is 409 cm³/mol. The molecular weight excluding hydrogens is 1250 g/mol. The summed E-state index contributed by atoms with van der Waals surface area (Å²) in [5.74, 6) is 2.82. The Morgan fingerprint density at radius 3 is 1.36 bits per heavy atom. The summed E-state index contributed by atoms with van der Waals surface area (Å²) < 4.78 is 25.8. The molecule has 22 rings (SSSR count). The Hall–Kier alpha value is -13.5. The van der Waals surface area contributed by atoms with Crippen LogP contribution >= 0.6 is 11.3 Å². The zero-order chi connectivity index (χ0) is 65.7. The van der Waals surface area contributed by atoms with Crippen molar-refractivity contribution in [3.05, 3.63) is 303 Å². The maximum absolute atomic E-state index is 9.59. The molecule has 0 aliphatic rings. The maximum atomic E-state index is 9.59. The number of furan rings is 3. The van der Waals surface area contributed by atoms with Crippen LogP contribution in [-0.4, -0.2) is 29.1 Å². The van der Waals surface area contributed by atoms with Gasteiger partial charge in [-0.15, -0.1) is 11.3 Å². The van der Waals surface area contributed by atoms with E-state index in [2.05, 4.69) is 228 Å². The second kappa shape index (κ2) is 21.7. The Labute approximate surface area is 572 Å². The highest BCUT2D eigenvalue weighted by atomic mass is 32.1. The van der Waals surface area contributed by atoms with E-state index in [1.165, 1.54) is 32.3 Å². The monoisotopic (exact) mass is 1300 g/mol. The van der Waals surface area contributed by atoms with Gasteiger partial charge < -0.3 is 13.3 Å². The third-order valence-electron chi connectivity index (χ3n) is 19.8. The molecule has 0 aliphatic carbocycles. The molecule has 0 radical (unpaired) electrons. The molecule has 10 nitrogen and oxygen atoms in total. The van der Waals surface area contributed by atoms with E-state index in [-0.39, 0.29) is 0 Å². The van der Waals surface area contributed by atoms with Gasteiger partial charge in [-0.1, -0.05) is 176 Å². The van der Waals surface area contributed by atoms with E-state index in [4.69, 9.17) is 33.2 Å². The average Bonchev–Trinajstić information content (AvgIpc) is 1.56. The summed E-state index contributed by atoms with van der Waals surface area (Å²) >= 11 is 1.72. The number of para-hydroxylation sites is 4. The van der Waals surface area contributed by atoms with Gasteiger partial charge in [-0.25, -0.2) is 19.9 Å². The standard InChI is InChI=1S/C45H24N4OS.C44H25N3O2/c46-25-26-8-7-11-27(20-26)30-17-19-41-36(22-30)42-43(51-41)45(48-44(47-42)31-16-18-40-35(23-31)33-13-4-6-15-39(33)50-40)49-37-14-5-3-12-32(37)34-21-28-9-1-2-10-29(28)24-38(34)49;1-2-10-26(11-3-1)29-18-20-40-35(23-29)41-42(49-40)44(46-43(45-41)30-19-21-39-34(24-30)32-15-7-9-17-38(32)48-39)47-36-16-8-6-14-31(36)33-22-27-12-4-5-13-28(27)25-37(33)47/h1-24H;1-25H. The molecule has 0 spiro atoms. The van der Waals surface area contributed by atoms with Gasteiger partial charge in [-0.2, -0.15) is 5.26 Å². The van der Waals surface area contributed by atoms with Gasteiger partial charge in [0, 0.05) is 69.7 Å². The molecule has 14 aromatic carbocycles. The molecule has 8 aromatic heterocycles. The first-order valence-corrected chi connectivity index (χ1v) is 34.0. The van der Waals surface area contributed by atoms with Gasteiger partial charge in [0.2, 0.25) is 0 Å². The molecule has 22 aromatic rings. The number of rotatable bonds is 6. The lowest BCUT2D eigenvalue weighted by atomic mass is 10.0. The minimum Gasteiger partial charge on any atom is -0.456 e. The number of thiophene rings is 1. The highest BCUT2D eigenvalue weighted by Gasteiger charge is 2.26. The van der Waals surface area contributed by atoms with E-state index in [1.54, 1.807) is 11.3 Å². The SMILES string of the molecule is N#Cc1cccc(-c2ccc3sc4c(-n5c6ccccc6c6cc7ccccc7cc65)nc(-c5ccc6oc7ccccc7c6c5)nc4c3c2)c1.c1ccc(-c2ccc3oc4c(-n5c6ccccc6c6cc7ccccc7cc65)nc(-c5ccc6oc7ccccc7c6c5)nc4c3c2)cc1. The minimum absolute atomic E-state index is 0.620. The minimum atomic E-state index is 0.620. The molecular formula is C89H49N7O3S. The molecule has 0 aliphatic heterocycles. The fraction of sp³-hybridized carbons (Fsp3) is 0. The van der Waals surface area contributed by atoms with Crippen molar-refractivity contribution in [1.29, 1.82) is 5.26 Å². The number of benzene rings is 14. The van der Waals surface area contributed by atoms with Gasteiger partial charge in [-0.05, 0) is 165 Å². The number of nitriles is 1. The topological polar surface area (TPSA) is 125 Å². The van der Waals surface area contributed by atoms with Gasteiger partial charge in [0.1, 0.15) is 33.4 Å². The van der Waals surface area contributed by atoms with Crippen molar-refractivity contribution in [3.63, 3.8) is 0 Å². The molecule has 0 saturated carbocycles. The smallest absolute Gasteiger partial charge is 0.197 e. The molecule has 11 heteroatoms. The summed E-state index contributed by atoms with van der Waals surface area (Å²) in [6, 6.07) is 105. The molecule has 8 heterocycles. The summed E-state index contributed by atoms with van der Waals surface area (Å²) in [6.45, 7) is 0. The second-order valence-electron chi connectivity index (χ2n) is 25.5. The molecule has 0 N–H and O–H groups in total. The van der Waals surface area contributed by atoms with E-state index in [1.807, 2.05) is 84.9 Å². The van der Waals surface area contributed by atoms with Crippen molar-refractivity contribution in [2.45, 2.75) is 0 Å². The van der Waals surface area contributed by atoms with Crippen LogP contribution in [0, 0.1) is 11.3 Å². The predicted octanol–water partition coefficient (Wildman–Crippen LogP) is 24.1. The zero-order valence-corrected chi connectivity index (χ0v) is 53.9. The van der Waals surface area contributed by atoms with E-state index >= 15 is 0 Å². The Morgan fingerprint density at radius 1 is 0.290 bits per heavy atom. The summed E-state index contributed by atoms with van der Waals surface area (Å²) in [4.78, 5) is 21.5. The van der Waals surface area contributed by atoms with Crippen LogP contribution in [0.5, 0.6) is 0 Å². The lowest BCUT2D eigenvalue weighted by Gasteiger charge is -2.11. The third kappa shape index (κ3) is 8.67. The molecule has 0 unspecified atom stereocenters. The summed E-state index contributed by atoms with van der Waals surface area (Å²) in [6.07, 6.45) is 0. The summed E-state index contributed by atoms with van der Waals surface area (Å²) in [5, 5.41) is 25.2. The molecule has 0 bridgehead atoms. The Bertz CT molecular complexity index is 7270.